The Hall–Kier alpha value is -2.19. The molecule has 1 rings (SSSR count). The summed E-state index contributed by atoms with van der Waals surface area (Å²) in [6, 6.07) is 8.00. The zero-order chi connectivity index (χ0) is 16.2. The standard InChI is InChI=1S/C17H26N4O/c1-5-10-19-17(18-6-2)20-14-15-8-7-9-16(13-15)22-12-11-21(3)4/h1,7-9,13H,6,10-12,14H2,2-4H3,(H2,18,19,20). The molecule has 0 radical (unpaired) electrons. The van der Waals surface area contributed by atoms with Crippen molar-refractivity contribution in [2.75, 3.05) is 40.3 Å². The molecule has 1 aromatic carbocycles. The van der Waals surface area contributed by atoms with Crippen LogP contribution in [-0.2, 0) is 6.54 Å². The van der Waals surface area contributed by atoms with Gasteiger partial charge < -0.3 is 20.3 Å². The molecule has 0 heterocycles. The third-order valence-electron chi connectivity index (χ3n) is 2.83. The molecule has 0 aromatic heterocycles. The van der Waals surface area contributed by atoms with Gasteiger partial charge in [-0.2, -0.15) is 0 Å². The summed E-state index contributed by atoms with van der Waals surface area (Å²) >= 11 is 0. The highest BCUT2D eigenvalue weighted by atomic mass is 16.5. The molecule has 5 heteroatoms. The van der Waals surface area contributed by atoms with Crippen LogP contribution in [-0.4, -0.2) is 51.2 Å². The Bertz CT molecular complexity index is 506. The van der Waals surface area contributed by atoms with Crippen LogP contribution >= 0.6 is 0 Å². The maximum atomic E-state index is 5.73. The second-order valence-corrected chi connectivity index (χ2v) is 5.05. The molecule has 5 nitrogen and oxygen atoms in total. The minimum Gasteiger partial charge on any atom is -0.492 e. The molecule has 0 aliphatic carbocycles. The summed E-state index contributed by atoms with van der Waals surface area (Å²) in [7, 11) is 4.06. The van der Waals surface area contributed by atoms with E-state index >= 15 is 0 Å². The van der Waals surface area contributed by atoms with Crippen LogP contribution in [0, 0.1) is 12.3 Å². The minimum atomic E-state index is 0.458. The molecule has 0 spiro atoms. The van der Waals surface area contributed by atoms with E-state index in [-0.39, 0.29) is 0 Å². The number of likely N-dealkylation sites (N-methyl/N-ethyl adjacent to an activating group) is 1. The van der Waals surface area contributed by atoms with Gasteiger partial charge in [0.2, 0.25) is 0 Å². The van der Waals surface area contributed by atoms with Crippen LogP contribution in [0.3, 0.4) is 0 Å². The normalized spacial score (nSPS) is 11.1. The summed E-state index contributed by atoms with van der Waals surface area (Å²) in [6.07, 6.45) is 5.25. The number of hydrogen-bond acceptors (Lipinski definition) is 3. The number of terminal acetylenes is 1. The molecule has 0 atom stereocenters. The zero-order valence-corrected chi connectivity index (χ0v) is 13.7. The summed E-state index contributed by atoms with van der Waals surface area (Å²) in [5.74, 6) is 4.13. The topological polar surface area (TPSA) is 48.9 Å². The number of hydrogen-bond donors (Lipinski definition) is 2. The fraction of sp³-hybridized carbons (Fsp3) is 0.471. The molecular weight excluding hydrogens is 276 g/mol. The van der Waals surface area contributed by atoms with E-state index in [0.29, 0.717) is 19.7 Å². The number of rotatable bonds is 8. The fourth-order valence-corrected chi connectivity index (χ4v) is 1.73. The first-order valence-corrected chi connectivity index (χ1v) is 7.47. The lowest BCUT2D eigenvalue weighted by atomic mass is 10.2. The number of nitrogens with one attached hydrogen (secondary N) is 2. The zero-order valence-electron chi connectivity index (χ0n) is 13.7. The molecule has 0 aliphatic heterocycles. The van der Waals surface area contributed by atoms with E-state index in [1.165, 1.54) is 0 Å². The summed E-state index contributed by atoms with van der Waals surface area (Å²) in [4.78, 5) is 6.60. The largest absolute Gasteiger partial charge is 0.492 e. The van der Waals surface area contributed by atoms with Crippen LogP contribution in [0.4, 0.5) is 0 Å². The van der Waals surface area contributed by atoms with Crippen LogP contribution in [0.2, 0.25) is 0 Å². The van der Waals surface area contributed by atoms with Crippen LogP contribution in [0.1, 0.15) is 12.5 Å². The Balaban J connectivity index is 2.58. The van der Waals surface area contributed by atoms with E-state index in [0.717, 1.165) is 30.4 Å². The van der Waals surface area contributed by atoms with Gasteiger partial charge in [0.15, 0.2) is 5.96 Å². The Kier molecular flexibility index (Phi) is 8.54. The number of guanidine groups is 1. The van der Waals surface area contributed by atoms with Crippen LogP contribution in [0.25, 0.3) is 0 Å². The summed E-state index contributed by atoms with van der Waals surface area (Å²) in [5.41, 5.74) is 1.10. The molecule has 0 fully saturated rings. The Morgan fingerprint density at radius 1 is 1.36 bits per heavy atom. The second-order valence-electron chi connectivity index (χ2n) is 5.05. The predicted octanol–water partition coefficient (Wildman–Crippen LogP) is 1.32. The maximum Gasteiger partial charge on any atom is 0.192 e. The van der Waals surface area contributed by atoms with Crippen molar-refractivity contribution < 1.29 is 4.74 Å². The Labute approximate surface area is 133 Å². The highest BCUT2D eigenvalue weighted by Crippen LogP contribution is 2.14. The molecule has 0 bridgehead atoms. The molecule has 0 unspecified atom stereocenters. The fourth-order valence-electron chi connectivity index (χ4n) is 1.73. The molecule has 1 aromatic rings. The molecule has 0 saturated carbocycles. The van der Waals surface area contributed by atoms with E-state index in [4.69, 9.17) is 11.2 Å². The molecule has 0 amide bonds. The predicted molar refractivity (Wildman–Crippen MR) is 92.1 cm³/mol. The lowest BCUT2D eigenvalue weighted by Crippen LogP contribution is -2.37. The van der Waals surface area contributed by atoms with E-state index in [9.17, 15) is 0 Å². The highest BCUT2D eigenvalue weighted by molar-refractivity contribution is 5.79. The number of benzene rings is 1. The van der Waals surface area contributed by atoms with E-state index in [1.807, 2.05) is 45.3 Å². The minimum absolute atomic E-state index is 0.458. The van der Waals surface area contributed by atoms with Gasteiger partial charge in [-0.3, -0.25) is 0 Å². The van der Waals surface area contributed by atoms with Crippen LogP contribution in [0.15, 0.2) is 29.3 Å². The van der Waals surface area contributed by atoms with Crippen LogP contribution in [0.5, 0.6) is 5.75 Å². The van der Waals surface area contributed by atoms with Gasteiger partial charge in [0.05, 0.1) is 13.1 Å². The first-order chi connectivity index (χ1) is 10.7. The van der Waals surface area contributed by atoms with Gasteiger partial charge in [-0.1, -0.05) is 18.1 Å². The molecule has 0 saturated heterocycles. The van der Waals surface area contributed by atoms with Crippen molar-refractivity contribution in [3.63, 3.8) is 0 Å². The van der Waals surface area contributed by atoms with Crippen molar-refractivity contribution in [2.24, 2.45) is 4.99 Å². The summed E-state index contributed by atoms with van der Waals surface area (Å²) in [5, 5.41) is 6.22. The SMILES string of the molecule is C#CCNC(=NCc1cccc(OCCN(C)C)c1)NCC. The average Bonchev–Trinajstić information content (AvgIpc) is 2.50. The van der Waals surface area contributed by atoms with Gasteiger partial charge in [0.25, 0.3) is 0 Å². The van der Waals surface area contributed by atoms with Gasteiger partial charge in [0, 0.05) is 13.1 Å². The highest BCUT2D eigenvalue weighted by Gasteiger charge is 1.99. The number of nitrogens with zero attached hydrogens (tertiary/aromatic N) is 2. The first kappa shape index (κ1) is 17.9. The summed E-state index contributed by atoms with van der Waals surface area (Å²) in [6.45, 7) is 5.41. The van der Waals surface area contributed by atoms with E-state index in [1.54, 1.807) is 0 Å². The molecule has 120 valence electrons. The first-order valence-electron chi connectivity index (χ1n) is 7.47. The number of ether oxygens (including phenoxy) is 1. The second kappa shape index (κ2) is 10.5. The lowest BCUT2D eigenvalue weighted by molar-refractivity contribution is 0.261. The molecule has 22 heavy (non-hydrogen) atoms. The van der Waals surface area contributed by atoms with Gasteiger partial charge in [0.1, 0.15) is 12.4 Å². The lowest BCUT2D eigenvalue weighted by Gasteiger charge is -2.12. The maximum absolute atomic E-state index is 5.73. The molecular formula is C17H26N4O. The van der Waals surface area contributed by atoms with Crippen LogP contribution < -0.4 is 15.4 Å². The molecule has 2 N–H and O–H groups in total. The van der Waals surface area contributed by atoms with Gasteiger partial charge in [-0.15, -0.1) is 6.42 Å². The van der Waals surface area contributed by atoms with Crippen molar-refractivity contribution >= 4 is 5.96 Å². The van der Waals surface area contributed by atoms with Gasteiger partial charge in [-0.05, 0) is 38.7 Å². The third-order valence-corrected chi connectivity index (χ3v) is 2.83. The van der Waals surface area contributed by atoms with Crippen molar-refractivity contribution in [1.82, 2.24) is 15.5 Å². The quantitative estimate of drug-likeness (QED) is 0.432. The average molecular weight is 302 g/mol. The smallest absolute Gasteiger partial charge is 0.192 e. The van der Waals surface area contributed by atoms with E-state index in [2.05, 4.69) is 26.4 Å². The van der Waals surface area contributed by atoms with Gasteiger partial charge in [-0.25, -0.2) is 4.99 Å². The van der Waals surface area contributed by atoms with Crippen molar-refractivity contribution in [2.45, 2.75) is 13.5 Å². The van der Waals surface area contributed by atoms with Crippen molar-refractivity contribution in [3.05, 3.63) is 29.8 Å². The Morgan fingerprint density at radius 3 is 2.86 bits per heavy atom. The monoisotopic (exact) mass is 302 g/mol. The Morgan fingerprint density at radius 2 is 2.18 bits per heavy atom. The van der Waals surface area contributed by atoms with Crippen molar-refractivity contribution in [3.8, 4) is 18.1 Å². The van der Waals surface area contributed by atoms with Gasteiger partial charge >= 0.3 is 0 Å². The molecule has 0 aliphatic rings. The third kappa shape index (κ3) is 7.55. The summed E-state index contributed by atoms with van der Waals surface area (Å²) < 4.78 is 5.73. The number of aliphatic imine (C=N–C) groups is 1. The van der Waals surface area contributed by atoms with E-state index < -0.39 is 0 Å². The van der Waals surface area contributed by atoms with Crippen molar-refractivity contribution in [1.29, 1.82) is 0 Å².